The molecule has 0 aliphatic rings. The summed E-state index contributed by atoms with van der Waals surface area (Å²) in [6.45, 7) is -0.309. The highest BCUT2D eigenvalue weighted by molar-refractivity contribution is 9.10. The van der Waals surface area contributed by atoms with Gasteiger partial charge < -0.3 is 5.32 Å². The van der Waals surface area contributed by atoms with Gasteiger partial charge in [-0.15, -0.1) is 0 Å². The topological polar surface area (TPSA) is 75.3 Å². The zero-order valence-electron chi connectivity index (χ0n) is 11.6. The Labute approximate surface area is 137 Å². The Morgan fingerprint density at radius 1 is 1.00 bits per heavy atom. The summed E-state index contributed by atoms with van der Waals surface area (Å²) in [5.74, 6) is -0.584. The Hall–Kier alpha value is -1.70. The molecule has 1 amide bonds. The minimum atomic E-state index is -3.55. The zero-order valence-corrected chi connectivity index (χ0v) is 14.0. The fourth-order valence-electron chi connectivity index (χ4n) is 1.78. The molecule has 2 aromatic carbocycles. The molecule has 0 unspecified atom stereocenters. The number of amides is 1. The molecule has 5 nitrogen and oxygen atoms in total. The Bertz CT molecular complexity index is 748. The molecule has 0 aromatic heterocycles. The molecule has 2 aromatic rings. The number of hydrogen-bond acceptors (Lipinski definition) is 3. The van der Waals surface area contributed by atoms with Crippen LogP contribution in [-0.4, -0.2) is 20.9 Å². The van der Waals surface area contributed by atoms with Crippen molar-refractivity contribution in [2.45, 2.75) is 5.75 Å². The predicted octanol–water partition coefficient (Wildman–Crippen LogP) is 2.51. The first-order valence-electron chi connectivity index (χ1n) is 6.52. The fourth-order valence-corrected chi connectivity index (χ4v) is 3.25. The first-order valence-corrected chi connectivity index (χ1v) is 8.96. The minimum absolute atomic E-state index is 0.157. The number of halogens is 1. The van der Waals surface area contributed by atoms with Crippen LogP contribution in [0, 0.1) is 0 Å². The van der Waals surface area contributed by atoms with E-state index in [-0.39, 0.29) is 12.3 Å². The number of sulfonamides is 1. The van der Waals surface area contributed by atoms with Crippen LogP contribution in [0.2, 0.25) is 0 Å². The van der Waals surface area contributed by atoms with Gasteiger partial charge >= 0.3 is 0 Å². The quantitative estimate of drug-likeness (QED) is 0.805. The lowest BCUT2D eigenvalue weighted by atomic mass is 10.2. The van der Waals surface area contributed by atoms with Crippen molar-refractivity contribution in [2.24, 2.45) is 0 Å². The number of para-hydroxylation sites is 1. The molecule has 0 heterocycles. The van der Waals surface area contributed by atoms with E-state index in [1.807, 2.05) is 12.1 Å². The van der Waals surface area contributed by atoms with Gasteiger partial charge in [-0.25, -0.2) is 13.1 Å². The summed E-state index contributed by atoms with van der Waals surface area (Å²) >= 11 is 3.31. The molecule has 2 N–H and O–H groups in total. The predicted molar refractivity (Wildman–Crippen MR) is 89.8 cm³/mol. The molecule has 2 rings (SSSR count). The normalized spacial score (nSPS) is 11.1. The maximum atomic E-state index is 11.9. The molecule has 0 aliphatic heterocycles. The number of nitrogens with one attached hydrogen (secondary N) is 2. The number of carbonyl (C=O) groups excluding carboxylic acids is 1. The van der Waals surface area contributed by atoms with Crippen molar-refractivity contribution in [1.29, 1.82) is 0 Å². The summed E-state index contributed by atoms with van der Waals surface area (Å²) in [5.41, 5.74) is 1.26. The smallest absolute Gasteiger partial charge is 0.239 e. The molecule has 0 radical (unpaired) electrons. The second-order valence-corrected chi connectivity index (χ2v) is 7.26. The lowest BCUT2D eigenvalue weighted by molar-refractivity contribution is -0.115. The van der Waals surface area contributed by atoms with Gasteiger partial charge in [0.1, 0.15) is 0 Å². The minimum Gasteiger partial charge on any atom is -0.324 e. The highest BCUT2D eigenvalue weighted by Crippen LogP contribution is 2.20. The summed E-state index contributed by atoms with van der Waals surface area (Å²) in [6, 6.07) is 15.9. The van der Waals surface area contributed by atoms with Crippen LogP contribution >= 0.6 is 15.9 Å². The third-order valence-electron chi connectivity index (χ3n) is 2.80. The second-order valence-electron chi connectivity index (χ2n) is 4.59. The highest BCUT2D eigenvalue weighted by Gasteiger charge is 2.13. The van der Waals surface area contributed by atoms with Crippen LogP contribution in [0.25, 0.3) is 0 Å². The molecule has 0 bridgehead atoms. The Kier molecular flexibility index (Phi) is 5.70. The summed E-state index contributed by atoms with van der Waals surface area (Å²) in [7, 11) is -3.55. The van der Waals surface area contributed by atoms with Crippen LogP contribution in [0.1, 0.15) is 5.56 Å². The van der Waals surface area contributed by atoms with Crippen LogP contribution in [0.4, 0.5) is 5.69 Å². The highest BCUT2D eigenvalue weighted by atomic mass is 79.9. The molecule has 0 saturated heterocycles. The monoisotopic (exact) mass is 382 g/mol. The van der Waals surface area contributed by atoms with Gasteiger partial charge in [0.05, 0.1) is 18.0 Å². The van der Waals surface area contributed by atoms with E-state index >= 15 is 0 Å². The second kappa shape index (κ2) is 7.53. The fraction of sp³-hybridized carbons (Fsp3) is 0.133. The van der Waals surface area contributed by atoms with E-state index < -0.39 is 15.9 Å². The average Bonchev–Trinajstić information content (AvgIpc) is 2.48. The van der Waals surface area contributed by atoms with Crippen molar-refractivity contribution >= 4 is 37.5 Å². The largest absolute Gasteiger partial charge is 0.324 e. The molecule has 7 heteroatoms. The molecular weight excluding hydrogens is 368 g/mol. The lowest BCUT2D eigenvalue weighted by Crippen LogP contribution is -2.33. The molecule has 116 valence electrons. The number of hydrogen-bond donors (Lipinski definition) is 2. The third-order valence-corrected chi connectivity index (χ3v) is 4.79. The Morgan fingerprint density at radius 2 is 1.64 bits per heavy atom. The SMILES string of the molecule is O=C(CNS(=O)(=O)Cc1ccccc1)Nc1ccccc1Br. The van der Waals surface area contributed by atoms with Crippen LogP contribution in [-0.2, 0) is 20.6 Å². The lowest BCUT2D eigenvalue weighted by Gasteiger charge is -2.09. The van der Waals surface area contributed by atoms with Crippen molar-refractivity contribution < 1.29 is 13.2 Å². The third kappa shape index (κ3) is 5.25. The Balaban J connectivity index is 1.89. The van der Waals surface area contributed by atoms with Crippen LogP contribution in [0.15, 0.2) is 59.1 Å². The summed E-state index contributed by atoms with van der Waals surface area (Å²) in [5, 5.41) is 2.63. The summed E-state index contributed by atoms with van der Waals surface area (Å²) in [6.07, 6.45) is 0. The van der Waals surface area contributed by atoms with Gasteiger partial charge in [0.25, 0.3) is 0 Å². The van der Waals surface area contributed by atoms with Gasteiger partial charge in [-0.2, -0.15) is 0 Å². The van der Waals surface area contributed by atoms with E-state index in [0.29, 0.717) is 11.3 Å². The molecule has 0 spiro atoms. The first-order chi connectivity index (χ1) is 10.5. The van der Waals surface area contributed by atoms with E-state index in [0.717, 1.165) is 4.47 Å². The van der Waals surface area contributed by atoms with E-state index in [2.05, 4.69) is 26.0 Å². The van der Waals surface area contributed by atoms with Gasteiger partial charge in [0.15, 0.2) is 0 Å². The number of benzene rings is 2. The first kappa shape index (κ1) is 16.7. The van der Waals surface area contributed by atoms with Gasteiger partial charge in [-0.3, -0.25) is 4.79 Å². The maximum Gasteiger partial charge on any atom is 0.239 e. The maximum absolute atomic E-state index is 11.9. The van der Waals surface area contributed by atoms with E-state index in [9.17, 15) is 13.2 Å². The molecule has 0 atom stereocenters. The van der Waals surface area contributed by atoms with Crippen molar-refractivity contribution in [3.63, 3.8) is 0 Å². The van der Waals surface area contributed by atoms with Crippen molar-refractivity contribution in [1.82, 2.24) is 4.72 Å². The number of rotatable bonds is 6. The van der Waals surface area contributed by atoms with Crippen LogP contribution in [0.5, 0.6) is 0 Å². The van der Waals surface area contributed by atoms with Gasteiger partial charge in [-0.1, -0.05) is 42.5 Å². The summed E-state index contributed by atoms with van der Waals surface area (Å²) < 4.78 is 26.9. The van der Waals surface area contributed by atoms with Gasteiger partial charge in [0, 0.05) is 4.47 Å². The van der Waals surface area contributed by atoms with Crippen molar-refractivity contribution in [2.75, 3.05) is 11.9 Å². The Morgan fingerprint density at radius 3 is 2.32 bits per heavy atom. The number of anilines is 1. The van der Waals surface area contributed by atoms with Gasteiger partial charge in [-0.05, 0) is 33.6 Å². The molecule has 0 fully saturated rings. The average molecular weight is 383 g/mol. The van der Waals surface area contributed by atoms with Crippen molar-refractivity contribution in [3.05, 3.63) is 64.6 Å². The van der Waals surface area contributed by atoms with E-state index in [1.165, 1.54) is 0 Å². The molecule has 0 saturated carbocycles. The standard InChI is InChI=1S/C15H15BrN2O3S/c16-13-8-4-5-9-14(13)18-15(19)10-17-22(20,21)11-12-6-2-1-3-7-12/h1-9,17H,10-11H2,(H,18,19). The molecule has 0 aliphatic carbocycles. The van der Waals surface area contributed by atoms with E-state index in [1.54, 1.807) is 42.5 Å². The van der Waals surface area contributed by atoms with Crippen molar-refractivity contribution in [3.8, 4) is 0 Å². The molecule has 22 heavy (non-hydrogen) atoms. The van der Waals surface area contributed by atoms with Crippen LogP contribution < -0.4 is 10.0 Å². The van der Waals surface area contributed by atoms with Gasteiger partial charge in [0.2, 0.25) is 15.9 Å². The zero-order chi connectivity index (χ0) is 16.0. The van der Waals surface area contributed by atoms with E-state index in [4.69, 9.17) is 0 Å². The molecular formula is C15H15BrN2O3S. The van der Waals surface area contributed by atoms with Crippen LogP contribution in [0.3, 0.4) is 0 Å². The number of carbonyl (C=O) groups is 1. The summed E-state index contributed by atoms with van der Waals surface area (Å²) in [4.78, 5) is 11.8.